The van der Waals surface area contributed by atoms with Crippen molar-refractivity contribution in [2.45, 2.75) is 149 Å². The SMILES string of the molecule is CO[C@H]1C[C@@H]2CC[C@@H](C)[C@@](O)(O2)C(=O)C(=O)N2CCCC[C@H]2C(=O)OC([C@H](C)Cc2ccc(CO)s2)C/C=C(/C)[C@H](O)CC(=O)[C@H](C)C[C@H](C)/C=C/C=C/C=C/1C. The molecule has 4 rings (SSSR count). The number of rotatable bonds is 5. The van der Waals surface area contributed by atoms with Crippen LogP contribution in [0.3, 0.4) is 0 Å². The number of hydrogen-bond donors (Lipinski definition) is 3. The number of esters is 1. The fraction of sp³-hybridized carbons (Fsp3) is 0.644. The molecule has 316 valence electrons. The first-order valence-electron chi connectivity index (χ1n) is 20.6. The highest BCUT2D eigenvalue weighted by Gasteiger charge is 2.53. The Balaban J connectivity index is 1.66. The lowest BCUT2D eigenvalue weighted by Gasteiger charge is -2.42. The molecule has 3 aliphatic heterocycles. The molecule has 4 heterocycles. The number of methoxy groups -OCH3 is 1. The quantitative estimate of drug-likeness (QED) is 0.169. The van der Waals surface area contributed by atoms with Crippen LogP contribution >= 0.6 is 11.3 Å². The first kappa shape index (κ1) is 46.4. The Labute approximate surface area is 342 Å². The molecule has 0 radical (unpaired) electrons. The minimum absolute atomic E-state index is 0.0353. The second-order valence-electron chi connectivity index (χ2n) is 16.6. The molecule has 2 fully saturated rings. The van der Waals surface area contributed by atoms with Crippen molar-refractivity contribution >= 4 is 34.8 Å². The zero-order valence-corrected chi connectivity index (χ0v) is 35.7. The standard InChI is InChI=1S/C45H65NO10S/c1-28-13-9-8-10-14-30(3)41(54-7)25-34-18-17-33(6)45(53,56-34)42(50)43(51)46-22-12-11-15-37(46)44(52)55-40(32(5)24-35-19-20-36(27-47)57-35)21-16-29(2)38(48)26-39(49)31(4)23-28/h8-10,13-14,16,19-20,28,31-34,37-38,40-41,47-48,53H,11-12,15,17-18,21-27H2,1-7H3/b10-8+,13-9+,29-16-,30-14+/t28-,31-,32-,33-,34+,37+,38-,40?,41+,45-/m1/s1. The van der Waals surface area contributed by atoms with Crippen molar-refractivity contribution in [3.05, 3.63) is 69.5 Å². The summed E-state index contributed by atoms with van der Waals surface area (Å²) >= 11 is 1.48. The summed E-state index contributed by atoms with van der Waals surface area (Å²) in [5.74, 6) is -6.14. The summed E-state index contributed by atoms with van der Waals surface area (Å²) in [6.45, 7) is 11.3. The van der Waals surface area contributed by atoms with Crippen molar-refractivity contribution < 1.29 is 48.7 Å². The second kappa shape index (κ2) is 21.7. The van der Waals surface area contributed by atoms with Crippen molar-refractivity contribution in [1.29, 1.82) is 0 Å². The smallest absolute Gasteiger partial charge is 0.329 e. The van der Waals surface area contributed by atoms with Gasteiger partial charge in [-0.3, -0.25) is 14.4 Å². The Bertz CT molecular complexity index is 1660. The Hall–Kier alpha value is -3.26. The summed E-state index contributed by atoms with van der Waals surface area (Å²) in [5.41, 5.74) is 1.50. The molecule has 2 bridgehead atoms. The number of fused-ring (bicyclic) bond motifs is 3. The first-order chi connectivity index (χ1) is 27.1. The summed E-state index contributed by atoms with van der Waals surface area (Å²) in [5, 5.41) is 32.6. The largest absolute Gasteiger partial charge is 0.460 e. The van der Waals surface area contributed by atoms with E-state index in [1.54, 1.807) is 27.0 Å². The highest BCUT2D eigenvalue weighted by atomic mass is 32.1. The van der Waals surface area contributed by atoms with Crippen LogP contribution in [0.4, 0.5) is 0 Å². The first-order valence-corrected chi connectivity index (χ1v) is 21.5. The second-order valence-corrected chi connectivity index (χ2v) is 17.8. The number of aliphatic hydroxyl groups excluding tert-OH is 2. The molecule has 1 amide bonds. The van der Waals surface area contributed by atoms with Crippen molar-refractivity contribution in [2.24, 2.45) is 23.7 Å². The number of carbonyl (C=O) groups excluding carboxylic acids is 4. The van der Waals surface area contributed by atoms with Gasteiger partial charge in [0.2, 0.25) is 5.79 Å². The van der Waals surface area contributed by atoms with Gasteiger partial charge in [-0.05, 0) is 93.9 Å². The van der Waals surface area contributed by atoms with Crippen LogP contribution in [0.1, 0.15) is 109 Å². The minimum Gasteiger partial charge on any atom is -0.460 e. The van der Waals surface area contributed by atoms with Gasteiger partial charge in [0, 0.05) is 54.5 Å². The maximum absolute atomic E-state index is 14.1. The maximum atomic E-state index is 14.1. The lowest BCUT2D eigenvalue weighted by Crippen LogP contribution is -2.61. The summed E-state index contributed by atoms with van der Waals surface area (Å²) in [7, 11) is 1.59. The van der Waals surface area contributed by atoms with E-state index in [1.165, 1.54) is 16.2 Å². The molecule has 0 aliphatic carbocycles. The van der Waals surface area contributed by atoms with Crippen LogP contribution in [-0.2, 0) is 46.4 Å². The number of Topliss-reactive ketones (excluding diaryl/α,β-unsaturated/α-hetero) is 2. The average Bonchev–Trinajstić information content (AvgIpc) is 3.65. The molecule has 0 spiro atoms. The van der Waals surface area contributed by atoms with Crippen LogP contribution in [-0.4, -0.2) is 93.6 Å². The third-order valence-corrected chi connectivity index (χ3v) is 13.0. The van der Waals surface area contributed by atoms with Crippen molar-refractivity contribution in [2.75, 3.05) is 13.7 Å². The molecule has 12 heteroatoms. The summed E-state index contributed by atoms with van der Waals surface area (Å²) < 4.78 is 18.2. The number of allylic oxidation sites excluding steroid dienone is 5. The number of cyclic esters (lactones) is 1. The number of ketones is 2. The number of nitrogens with zero attached hydrogens (tertiary/aromatic N) is 1. The predicted molar refractivity (Wildman–Crippen MR) is 220 cm³/mol. The fourth-order valence-electron chi connectivity index (χ4n) is 8.00. The van der Waals surface area contributed by atoms with E-state index < -0.39 is 53.7 Å². The van der Waals surface area contributed by atoms with Gasteiger partial charge in [0.25, 0.3) is 11.7 Å². The zero-order valence-electron chi connectivity index (χ0n) is 34.9. The van der Waals surface area contributed by atoms with Crippen LogP contribution in [0.5, 0.6) is 0 Å². The van der Waals surface area contributed by atoms with E-state index >= 15 is 0 Å². The van der Waals surface area contributed by atoms with Crippen LogP contribution in [0.2, 0.25) is 0 Å². The van der Waals surface area contributed by atoms with E-state index in [4.69, 9.17) is 14.2 Å². The van der Waals surface area contributed by atoms with Gasteiger partial charge >= 0.3 is 5.97 Å². The van der Waals surface area contributed by atoms with Crippen LogP contribution < -0.4 is 0 Å². The minimum atomic E-state index is -2.37. The van der Waals surface area contributed by atoms with Crippen molar-refractivity contribution in [3.63, 3.8) is 0 Å². The number of carbonyl (C=O) groups is 4. The Kier molecular flexibility index (Phi) is 17.6. The van der Waals surface area contributed by atoms with Crippen molar-refractivity contribution in [3.8, 4) is 0 Å². The number of aliphatic hydroxyl groups is 3. The normalized spacial score (nSPS) is 35.8. The summed E-state index contributed by atoms with van der Waals surface area (Å²) in [6.07, 6.45) is 13.2. The molecule has 3 N–H and O–H groups in total. The monoisotopic (exact) mass is 811 g/mol. The Morgan fingerprint density at radius 2 is 1.72 bits per heavy atom. The van der Waals surface area contributed by atoms with E-state index in [1.807, 2.05) is 63.3 Å². The number of ether oxygens (including phenoxy) is 3. The predicted octanol–water partition coefficient (Wildman–Crippen LogP) is 6.58. The van der Waals surface area contributed by atoms with Gasteiger partial charge in [-0.1, -0.05) is 64.2 Å². The molecule has 1 aromatic rings. The molecule has 11 nitrogen and oxygen atoms in total. The van der Waals surface area contributed by atoms with Gasteiger partial charge in [-0.2, -0.15) is 0 Å². The summed E-state index contributed by atoms with van der Waals surface area (Å²) in [6, 6.07) is 2.76. The third kappa shape index (κ3) is 12.6. The van der Waals surface area contributed by atoms with Gasteiger partial charge in [-0.25, -0.2) is 4.79 Å². The van der Waals surface area contributed by atoms with Crippen molar-refractivity contribution in [1.82, 2.24) is 4.90 Å². The molecule has 0 aromatic carbocycles. The van der Waals surface area contributed by atoms with Gasteiger partial charge in [-0.15, -0.1) is 11.3 Å². The van der Waals surface area contributed by atoms with E-state index in [9.17, 15) is 34.5 Å². The Morgan fingerprint density at radius 1 is 0.982 bits per heavy atom. The topological polar surface area (TPSA) is 160 Å². The van der Waals surface area contributed by atoms with Crippen LogP contribution in [0.25, 0.3) is 0 Å². The van der Waals surface area contributed by atoms with Gasteiger partial charge in [0.1, 0.15) is 17.9 Å². The summed E-state index contributed by atoms with van der Waals surface area (Å²) in [4.78, 5) is 58.5. The number of hydrogen-bond acceptors (Lipinski definition) is 11. The van der Waals surface area contributed by atoms with E-state index in [-0.39, 0.29) is 55.6 Å². The molecule has 10 atom stereocenters. The van der Waals surface area contributed by atoms with Crippen LogP contribution in [0.15, 0.2) is 59.7 Å². The lowest BCUT2D eigenvalue weighted by molar-refractivity contribution is -0.265. The molecule has 3 aliphatic rings. The molecular weight excluding hydrogens is 747 g/mol. The molecule has 0 saturated carbocycles. The van der Waals surface area contributed by atoms with Crippen LogP contribution in [0, 0.1) is 23.7 Å². The third-order valence-electron chi connectivity index (χ3n) is 11.9. The van der Waals surface area contributed by atoms with Gasteiger partial charge in [0.05, 0.1) is 24.9 Å². The molecule has 1 unspecified atom stereocenters. The number of piperidine rings is 1. The highest BCUT2D eigenvalue weighted by molar-refractivity contribution is 7.11. The van der Waals surface area contributed by atoms with E-state index in [0.29, 0.717) is 56.9 Å². The van der Waals surface area contributed by atoms with E-state index in [2.05, 4.69) is 6.92 Å². The Morgan fingerprint density at radius 3 is 2.42 bits per heavy atom. The molecule has 1 aromatic heterocycles. The maximum Gasteiger partial charge on any atom is 0.329 e. The fourth-order valence-corrected chi connectivity index (χ4v) is 9.02. The molecule has 57 heavy (non-hydrogen) atoms. The average molecular weight is 812 g/mol. The van der Waals surface area contributed by atoms with E-state index in [0.717, 1.165) is 15.3 Å². The van der Waals surface area contributed by atoms with Gasteiger partial charge in [0.15, 0.2) is 0 Å². The lowest BCUT2D eigenvalue weighted by atomic mass is 9.85. The molecular formula is C45H65NO10S. The zero-order chi connectivity index (χ0) is 41.9. The van der Waals surface area contributed by atoms with Gasteiger partial charge < -0.3 is 34.4 Å². The molecule has 2 saturated heterocycles. The number of amides is 1. The number of thiophene rings is 1. The highest BCUT2D eigenvalue weighted by Crippen LogP contribution is 2.37.